The van der Waals surface area contributed by atoms with E-state index >= 15 is 0 Å². The molecule has 22 heavy (non-hydrogen) atoms. The Kier molecular flexibility index (Phi) is 4.82. The van der Waals surface area contributed by atoms with Gasteiger partial charge in [0.05, 0.1) is 31.7 Å². The summed E-state index contributed by atoms with van der Waals surface area (Å²) in [4.78, 5) is 0. The third kappa shape index (κ3) is 3.87. The van der Waals surface area contributed by atoms with Gasteiger partial charge in [0.25, 0.3) is 0 Å². The Bertz CT molecular complexity index is 606. The molecule has 1 aromatic carbocycles. The van der Waals surface area contributed by atoms with E-state index in [1.54, 1.807) is 4.31 Å². The Balaban J connectivity index is 1.73. The van der Waals surface area contributed by atoms with Gasteiger partial charge in [-0.15, -0.1) is 0 Å². The Morgan fingerprint density at radius 1 is 1.23 bits per heavy atom. The molecule has 122 valence electrons. The van der Waals surface area contributed by atoms with Crippen LogP contribution in [0.2, 0.25) is 0 Å². The number of hydrogen-bond donors (Lipinski definition) is 0. The molecule has 1 aliphatic carbocycles. The lowest BCUT2D eigenvalue weighted by Gasteiger charge is -2.27. The molecule has 1 aromatic rings. The summed E-state index contributed by atoms with van der Waals surface area (Å²) in [5, 5.41) is 0. The second-order valence-electron chi connectivity index (χ2n) is 6.05. The van der Waals surface area contributed by atoms with Gasteiger partial charge in [-0.2, -0.15) is 4.31 Å². The molecular formula is C16H23NO4S. The molecule has 0 radical (unpaired) electrons. The maximum absolute atomic E-state index is 12.8. The molecule has 3 rings (SSSR count). The van der Waals surface area contributed by atoms with Gasteiger partial charge in [0.2, 0.25) is 10.0 Å². The second kappa shape index (κ2) is 6.66. The average Bonchev–Trinajstić information content (AvgIpc) is 3.31. The van der Waals surface area contributed by atoms with Crippen molar-refractivity contribution < 1.29 is 17.9 Å². The standard InChI is InChI=1S/C16H23NO4S/c1-13-4-2-3-5-14(13)10-17(15-6-7-15)22(18,19)12-16-11-20-8-9-21-16/h2-5,15-16H,6-12H2,1H3. The van der Waals surface area contributed by atoms with Crippen molar-refractivity contribution >= 4 is 10.0 Å². The van der Waals surface area contributed by atoms with Crippen LogP contribution >= 0.6 is 0 Å². The van der Waals surface area contributed by atoms with Crippen molar-refractivity contribution in [1.29, 1.82) is 0 Å². The molecule has 0 spiro atoms. The minimum atomic E-state index is -3.35. The lowest BCUT2D eigenvalue weighted by atomic mass is 10.1. The predicted octanol–water partition coefficient (Wildman–Crippen LogP) is 1.70. The SMILES string of the molecule is Cc1ccccc1CN(C1CC1)S(=O)(=O)CC1COCCO1. The summed E-state index contributed by atoms with van der Waals surface area (Å²) < 4.78 is 38.1. The number of rotatable bonds is 6. The molecule has 1 aliphatic heterocycles. The number of hydrogen-bond acceptors (Lipinski definition) is 4. The molecule has 5 nitrogen and oxygen atoms in total. The second-order valence-corrected chi connectivity index (χ2v) is 8.02. The first-order chi connectivity index (χ1) is 10.6. The zero-order valence-corrected chi connectivity index (χ0v) is 13.7. The molecule has 0 aromatic heterocycles. The van der Waals surface area contributed by atoms with Gasteiger partial charge in [-0.05, 0) is 30.9 Å². The molecule has 1 saturated heterocycles. The summed E-state index contributed by atoms with van der Waals surface area (Å²) in [6, 6.07) is 8.10. The summed E-state index contributed by atoms with van der Waals surface area (Å²) in [6.45, 7) is 3.86. The summed E-state index contributed by atoms with van der Waals surface area (Å²) in [7, 11) is -3.35. The van der Waals surface area contributed by atoms with Crippen LogP contribution in [0.4, 0.5) is 0 Å². The Morgan fingerprint density at radius 2 is 2.00 bits per heavy atom. The lowest BCUT2D eigenvalue weighted by Crippen LogP contribution is -2.42. The van der Waals surface area contributed by atoms with Crippen LogP contribution in [0, 0.1) is 6.92 Å². The number of benzene rings is 1. The van der Waals surface area contributed by atoms with E-state index in [0.717, 1.165) is 24.0 Å². The molecule has 2 fully saturated rings. The van der Waals surface area contributed by atoms with Crippen molar-refractivity contribution in [1.82, 2.24) is 4.31 Å². The molecular weight excluding hydrogens is 302 g/mol. The average molecular weight is 325 g/mol. The van der Waals surface area contributed by atoms with Crippen LogP contribution in [0.5, 0.6) is 0 Å². The molecule has 1 heterocycles. The van der Waals surface area contributed by atoms with E-state index in [2.05, 4.69) is 0 Å². The number of aryl methyl sites for hydroxylation is 1. The first kappa shape index (κ1) is 15.9. The summed E-state index contributed by atoms with van der Waals surface area (Å²) >= 11 is 0. The van der Waals surface area contributed by atoms with Crippen molar-refractivity contribution in [3.63, 3.8) is 0 Å². The minimum Gasteiger partial charge on any atom is -0.376 e. The van der Waals surface area contributed by atoms with E-state index < -0.39 is 10.0 Å². The van der Waals surface area contributed by atoms with E-state index in [1.807, 2.05) is 31.2 Å². The molecule has 2 aliphatic rings. The normalized spacial score (nSPS) is 22.9. The highest BCUT2D eigenvalue weighted by molar-refractivity contribution is 7.89. The van der Waals surface area contributed by atoms with E-state index in [1.165, 1.54) is 0 Å². The number of nitrogens with zero attached hydrogens (tertiary/aromatic N) is 1. The molecule has 1 atom stereocenters. The fourth-order valence-corrected chi connectivity index (χ4v) is 4.59. The van der Waals surface area contributed by atoms with E-state index in [9.17, 15) is 8.42 Å². The van der Waals surface area contributed by atoms with E-state index in [4.69, 9.17) is 9.47 Å². The zero-order valence-electron chi connectivity index (χ0n) is 12.9. The quantitative estimate of drug-likeness (QED) is 0.799. The highest BCUT2D eigenvalue weighted by atomic mass is 32.2. The van der Waals surface area contributed by atoms with Crippen LogP contribution in [0.1, 0.15) is 24.0 Å². The van der Waals surface area contributed by atoms with Crippen molar-refractivity contribution in [3.8, 4) is 0 Å². The van der Waals surface area contributed by atoms with Gasteiger partial charge in [0.15, 0.2) is 0 Å². The summed E-state index contributed by atoms with van der Waals surface area (Å²) in [5.74, 6) is 0.00931. The summed E-state index contributed by atoms with van der Waals surface area (Å²) in [5.41, 5.74) is 2.19. The van der Waals surface area contributed by atoms with Crippen LogP contribution < -0.4 is 0 Å². The van der Waals surface area contributed by atoms with Crippen molar-refractivity contribution in [2.75, 3.05) is 25.6 Å². The van der Waals surface area contributed by atoms with Gasteiger partial charge in [-0.25, -0.2) is 8.42 Å². The largest absolute Gasteiger partial charge is 0.376 e. The van der Waals surface area contributed by atoms with Gasteiger partial charge < -0.3 is 9.47 Å². The van der Waals surface area contributed by atoms with Crippen molar-refractivity contribution in [2.45, 2.75) is 38.5 Å². The smallest absolute Gasteiger partial charge is 0.217 e. The first-order valence-corrected chi connectivity index (χ1v) is 9.40. The third-order valence-corrected chi connectivity index (χ3v) is 6.12. The fraction of sp³-hybridized carbons (Fsp3) is 0.625. The van der Waals surface area contributed by atoms with Crippen LogP contribution in [0.3, 0.4) is 0 Å². The zero-order chi connectivity index (χ0) is 15.6. The maximum atomic E-state index is 12.8. The van der Waals surface area contributed by atoms with Crippen LogP contribution in [-0.4, -0.2) is 50.4 Å². The molecule has 0 N–H and O–H groups in total. The fourth-order valence-electron chi connectivity index (χ4n) is 2.74. The van der Waals surface area contributed by atoms with Crippen molar-refractivity contribution in [3.05, 3.63) is 35.4 Å². The first-order valence-electron chi connectivity index (χ1n) is 7.79. The topological polar surface area (TPSA) is 55.8 Å². The number of sulfonamides is 1. The van der Waals surface area contributed by atoms with Gasteiger partial charge >= 0.3 is 0 Å². The van der Waals surface area contributed by atoms with E-state index in [0.29, 0.717) is 26.4 Å². The molecule has 0 amide bonds. The third-order valence-electron chi connectivity index (χ3n) is 4.18. The van der Waals surface area contributed by atoms with Crippen LogP contribution in [-0.2, 0) is 26.0 Å². The van der Waals surface area contributed by atoms with Gasteiger partial charge in [-0.1, -0.05) is 24.3 Å². The van der Waals surface area contributed by atoms with Crippen molar-refractivity contribution in [2.24, 2.45) is 0 Å². The molecule has 1 unspecified atom stereocenters. The van der Waals surface area contributed by atoms with E-state index in [-0.39, 0.29) is 17.9 Å². The van der Waals surface area contributed by atoms with Gasteiger partial charge in [0.1, 0.15) is 0 Å². The Morgan fingerprint density at radius 3 is 2.64 bits per heavy atom. The maximum Gasteiger partial charge on any atom is 0.217 e. The monoisotopic (exact) mass is 325 g/mol. The van der Waals surface area contributed by atoms with Gasteiger partial charge in [0, 0.05) is 12.6 Å². The highest BCUT2D eigenvalue weighted by Crippen LogP contribution is 2.32. The minimum absolute atomic E-state index is 0.00931. The van der Waals surface area contributed by atoms with Crippen LogP contribution in [0.15, 0.2) is 24.3 Å². The number of ether oxygens (including phenoxy) is 2. The van der Waals surface area contributed by atoms with Crippen LogP contribution in [0.25, 0.3) is 0 Å². The molecule has 1 saturated carbocycles. The lowest BCUT2D eigenvalue weighted by molar-refractivity contribution is -0.0785. The molecule has 6 heteroatoms. The summed E-state index contributed by atoms with van der Waals surface area (Å²) in [6.07, 6.45) is 1.55. The predicted molar refractivity (Wildman–Crippen MR) is 84.1 cm³/mol. The van der Waals surface area contributed by atoms with Gasteiger partial charge in [-0.3, -0.25) is 0 Å². The molecule has 0 bridgehead atoms. The Labute approximate surface area is 132 Å². The Hall–Kier alpha value is -0.950. The highest BCUT2D eigenvalue weighted by Gasteiger charge is 2.38.